The summed E-state index contributed by atoms with van der Waals surface area (Å²) in [5, 5.41) is 3.63. The third kappa shape index (κ3) is 4.47. The molecule has 1 rings (SSSR count). The van der Waals surface area contributed by atoms with E-state index in [1.807, 2.05) is 6.07 Å². The van der Waals surface area contributed by atoms with Gasteiger partial charge in [-0.15, -0.1) is 0 Å². The topological polar surface area (TPSA) is 12.0 Å². The molecule has 0 fully saturated rings. The minimum Gasteiger partial charge on any atom is -0.307 e. The molecule has 0 amide bonds. The Morgan fingerprint density at radius 1 is 1.18 bits per heavy atom. The molecule has 17 heavy (non-hydrogen) atoms. The Balaban J connectivity index is 2.70. The van der Waals surface area contributed by atoms with Crippen molar-refractivity contribution in [2.45, 2.75) is 58.5 Å². The predicted molar refractivity (Wildman–Crippen MR) is 71.6 cm³/mol. The van der Waals surface area contributed by atoms with Crippen molar-refractivity contribution in [3.63, 3.8) is 0 Å². The Kier molecular flexibility index (Phi) is 6.20. The maximum Gasteiger partial charge on any atom is 0.123 e. The lowest BCUT2D eigenvalue weighted by molar-refractivity contribution is 0.393. The lowest BCUT2D eigenvalue weighted by Gasteiger charge is -2.24. The Morgan fingerprint density at radius 2 is 1.94 bits per heavy atom. The molecule has 1 aromatic carbocycles. The molecule has 96 valence electrons. The van der Waals surface area contributed by atoms with E-state index in [9.17, 15) is 4.39 Å². The summed E-state index contributed by atoms with van der Waals surface area (Å²) in [6, 6.07) is 7.73. The molecule has 0 saturated carbocycles. The quantitative estimate of drug-likeness (QED) is 0.739. The minimum atomic E-state index is -0.147. The number of halogens is 1. The zero-order valence-electron chi connectivity index (χ0n) is 11.2. The molecule has 2 unspecified atom stereocenters. The van der Waals surface area contributed by atoms with Gasteiger partial charge in [0.1, 0.15) is 5.82 Å². The number of nitrogens with one attached hydrogen (secondary N) is 1. The molecule has 0 bridgehead atoms. The van der Waals surface area contributed by atoms with Gasteiger partial charge in [-0.05, 0) is 37.0 Å². The summed E-state index contributed by atoms with van der Waals surface area (Å²) in [4.78, 5) is 0. The fourth-order valence-corrected chi connectivity index (χ4v) is 2.21. The highest BCUT2D eigenvalue weighted by Gasteiger charge is 2.14. The predicted octanol–water partition coefficient (Wildman–Crippen LogP) is 4.45. The van der Waals surface area contributed by atoms with Crippen molar-refractivity contribution < 1.29 is 4.39 Å². The molecule has 0 radical (unpaired) electrons. The summed E-state index contributed by atoms with van der Waals surface area (Å²) >= 11 is 0. The molecular weight excluding hydrogens is 213 g/mol. The molecule has 1 aromatic rings. The van der Waals surface area contributed by atoms with Crippen LogP contribution in [0.3, 0.4) is 0 Å². The van der Waals surface area contributed by atoms with Crippen LogP contribution in [0.2, 0.25) is 0 Å². The second-order valence-electron chi connectivity index (χ2n) is 4.58. The van der Waals surface area contributed by atoms with Gasteiger partial charge in [0.2, 0.25) is 0 Å². The van der Waals surface area contributed by atoms with Gasteiger partial charge in [0.05, 0.1) is 0 Å². The Bertz CT molecular complexity index is 324. The van der Waals surface area contributed by atoms with Crippen LogP contribution in [0.15, 0.2) is 24.3 Å². The van der Waals surface area contributed by atoms with Crippen molar-refractivity contribution in [2.24, 2.45) is 0 Å². The van der Waals surface area contributed by atoms with Gasteiger partial charge in [-0.25, -0.2) is 4.39 Å². The van der Waals surface area contributed by atoms with Gasteiger partial charge in [0.15, 0.2) is 0 Å². The van der Waals surface area contributed by atoms with Crippen LogP contribution >= 0.6 is 0 Å². The van der Waals surface area contributed by atoms with Crippen molar-refractivity contribution in [3.8, 4) is 0 Å². The van der Waals surface area contributed by atoms with Crippen LogP contribution in [0.1, 0.15) is 58.1 Å². The van der Waals surface area contributed by atoms with Crippen LogP contribution in [0, 0.1) is 5.82 Å². The molecule has 0 saturated heterocycles. The Labute approximate surface area is 104 Å². The second-order valence-corrected chi connectivity index (χ2v) is 4.58. The van der Waals surface area contributed by atoms with Gasteiger partial charge >= 0.3 is 0 Å². The van der Waals surface area contributed by atoms with Gasteiger partial charge in [0.25, 0.3) is 0 Å². The number of hydrogen-bond donors (Lipinski definition) is 1. The molecule has 0 aliphatic rings. The third-order valence-electron chi connectivity index (χ3n) is 3.23. The van der Waals surface area contributed by atoms with Crippen LogP contribution in [-0.2, 0) is 0 Å². The van der Waals surface area contributed by atoms with Gasteiger partial charge < -0.3 is 5.32 Å². The summed E-state index contributed by atoms with van der Waals surface area (Å²) < 4.78 is 13.2. The number of rotatable bonds is 7. The zero-order chi connectivity index (χ0) is 12.7. The smallest absolute Gasteiger partial charge is 0.123 e. The van der Waals surface area contributed by atoms with E-state index in [1.54, 1.807) is 12.1 Å². The Hall–Kier alpha value is -0.890. The van der Waals surface area contributed by atoms with Crippen molar-refractivity contribution in [1.29, 1.82) is 0 Å². The van der Waals surface area contributed by atoms with Gasteiger partial charge in [-0.2, -0.15) is 0 Å². The van der Waals surface area contributed by atoms with Crippen LogP contribution in [0.25, 0.3) is 0 Å². The molecule has 0 aromatic heterocycles. The molecule has 1 N–H and O–H groups in total. The first kappa shape index (κ1) is 14.2. The fraction of sp³-hybridized carbons (Fsp3) is 0.600. The van der Waals surface area contributed by atoms with Gasteiger partial charge in [-0.3, -0.25) is 0 Å². The van der Waals surface area contributed by atoms with E-state index in [-0.39, 0.29) is 11.9 Å². The average Bonchev–Trinajstić information content (AvgIpc) is 2.34. The fourth-order valence-electron chi connectivity index (χ4n) is 2.21. The summed E-state index contributed by atoms with van der Waals surface area (Å²) in [7, 11) is 0. The summed E-state index contributed by atoms with van der Waals surface area (Å²) in [6.07, 6.45) is 4.48. The molecule has 0 heterocycles. The first-order valence-corrected chi connectivity index (χ1v) is 6.72. The second kappa shape index (κ2) is 7.44. The van der Waals surface area contributed by atoms with E-state index < -0.39 is 0 Å². The molecular formula is C15H24FN. The van der Waals surface area contributed by atoms with Gasteiger partial charge in [-0.1, -0.05) is 39.3 Å². The van der Waals surface area contributed by atoms with E-state index in [4.69, 9.17) is 0 Å². The molecule has 0 aliphatic carbocycles. The molecule has 0 spiro atoms. The van der Waals surface area contributed by atoms with Crippen LogP contribution < -0.4 is 5.32 Å². The van der Waals surface area contributed by atoms with Crippen LogP contribution in [0.5, 0.6) is 0 Å². The van der Waals surface area contributed by atoms with E-state index >= 15 is 0 Å². The van der Waals surface area contributed by atoms with E-state index in [1.165, 1.54) is 18.9 Å². The highest BCUT2D eigenvalue weighted by atomic mass is 19.1. The maximum atomic E-state index is 13.2. The normalized spacial score (nSPS) is 14.6. The van der Waals surface area contributed by atoms with Crippen LogP contribution in [0.4, 0.5) is 4.39 Å². The van der Waals surface area contributed by atoms with E-state index in [0.717, 1.165) is 18.4 Å². The van der Waals surface area contributed by atoms with Crippen molar-refractivity contribution in [3.05, 3.63) is 35.6 Å². The van der Waals surface area contributed by atoms with Crippen LogP contribution in [-0.4, -0.2) is 6.04 Å². The number of benzene rings is 1. The largest absolute Gasteiger partial charge is 0.307 e. The average molecular weight is 237 g/mol. The summed E-state index contributed by atoms with van der Waals surface area (Å²) in [6.45, 7) is 6.54. The maximum absolute atomic E-state index is 13.2. The van der Waals surface area contributed by atoms with Crippen molar-refractivity contribution in [1.82, 2.24) is 5.32 Å². The van der Waals surface area contributed by atoms with Gasteiger partial charge in [0, 0.05) is 12.1 Å². The summed E-state index contributed by atoms with van der Waals surface area (Å²) in [5.41, 5.74) is 1.06. The summed E-state index contributed by atoms with van der Waals surface area (Å²) in [5.74, 6) is -0.147. The monoisotopic (exact) mass is 237 g/mol. The number of hydrogen-bond acceptors (Lipinski definition) is 1. The third-order valence-corrected chi connectivity index (χ3v) is 3.23. The van der Waals surface area contributed by atoms with Crippen molar-refractivity contribution in [2.75, 3.05) is 0 Å². The SMILES string of the molecule is CCCC(CC)NC(CC)c1cccc(F)c1. The molecule has 1 nitrogen and oxygen atoms in total. The standard InChI is InChI=1S/C15H24FN/c1-4-8-14(5-2)17-15(6-3)12-9-7-10-13(16)11-12/h7,9-11,14-15,17H,4-6,8H2,1-3H3. The highest BCUT2D eigenvalue weighted by Crippen LogP contribution is 2.19. The molecule has 2 heteroatoms. The minimum absolute atomic E-state index is 0.147. The highest BCUT2D eigenvalue weighted by molar-refractivity contribution is 5.20. The lowest BCUT2D eigenvalue weighted by atomic mass is 10.0. The molecule has 2 atom stereocenters. The first-order valence-electron chi connectivity index (χ1n) is 6.72. The Morgan fingerprint density at radius 3 is 2.47 bits per heavy atom. The van der Waals surface area contributed by atoms with E-state index in [0.29, 0.717) is 6.04 Å². The van der Waals surface area contributed by atoms with Crippen molar-refractivity contribution >= 4 is 0 Å². The first-order chi connectivity index (χ1) is 8.21. The molecule has 0 aliphatic heterocycles. The lowest BCUT2D eigenvalue weighted by Crippen LogP contribution is -2.32. The zero-order valence-corrected chi connectivity index (χ0v) is 11.2. The van der Waals surface area contributed by atoms with E-state index in [2.05, 4.69) is 26.1 Å².